The summed E-state index contributed by atoms with van der Waals surface area (Å²) in [5.41, 5.74) is 3.56. The van der Waals surface area contributed by atoms with Crippen molar-refractivity contribution < 1.29 is 4.74 Å². The molecular formula is C13H18O. The molecule has 0 aliphatic heterocycles. The fourth-order valence-corrected chi connectivity index (χ4v) is 1.35. The molecule has 0 fully saturated rings. The maximum Gasteiger partial charge on any atom is 0.125 e. The van der Waals surface area contributed by atoms with E-state index in [9.17, 15) is 0 Å². The molecule has 76 valence electrons. The number of rotatable bonds is 4. The number of hydrogen-bond acceptors (Lipinski definition) is 1. The Morgan fingerprint density at radius 3 is 2.36 bits per heavy atom. The van der Waals surface area contributed by atoms with E-state index in [1.807, 2.05) is 6.92 Å². The van der Waals surface area contributed by atoms with Gasteiger partial charge in [-0.3, -0.25) is 0 Å². The number of para-hydroxylation sites is 1. The molecule has 1 nitrogen and oxygen atoms in total. The number of benzene rings is 1. The van der Waals surface area contributed by atoms with Gasteiger partial charge in [0.25, 0.3) is 0 Å². The van der Waals surface area contributed by atoms with Gasteiger partial charge < -0.3 is 4.74 Å². The third kappa shape index (κ3) is 2.91. The average molecular weight is 190 g/mol. The summed E-state index contributed by atoms with van der Waals surface area (Å²) in [5.74, 6) is 1.02. The van der Waals surface area contributed by atoms with Gasteiger partial charge in [-0.1, -0.05) is 23.8 Å². The molecule has 0 saturated carbocycles. The summed E-state index contributed by atoms with van der Waals surface area (Å²) in [6.45, 7) is 10.7. The van der Waals surface area contributed by atoms with E-state index in [1.54, 1.807) is 0 Å². The summed E-state index contributed by atoms with van der Waals surface area (Å²) < 4.78 is 5.72. The third-order valence-corrected chi connectivity index (χ3v) is 2.18. The lowest BCUT2D eigenvalue weighted by molar-refractivity contribution is 0.317. The predicted octanol–water partition coefficient (Wildman–Crippen LogP) is 3.65. The van der Waals surface area contributed by atoms with Crippen LogP contribution in [0.25, 0.3) is 0 Å². The van der Waals surface area contributed by atoms with E-state index in [2.05, 4.69) is 38.6 Å². The van der Waals surface area contributed by atoms with Crippen molar-refractivity contribution >= 4 is 0 Å². The highest BCUT2D eigenvalue weighted by atomic mass is 16.5. The van der Waals surface area contributed by atoms with Gasteiger partial charge >= 0.3 is 0 Å². The van der Waals surface area contributed by atoms with Crippen LogP contribution in [0, 0.1) is 13.8 Å². The quantitative estimate of drug-likeness (QED) is 0.658. The third-order valence-electron chi connectivity index (χ3n) is 2.18. The molecule has 0 aromatic heterocycles. The molecule has 14 heavy (non-hydrogen) atoms. The second-order valence-corrected chi connectivity index (χ2v) is 3.78. The Morgan fingerprint density at radius 2 is 1.86 bits per heavy atom. The maximum absolute atomic E-state index is 5.72. The fraction of sp³-hybridized carbons (Fsp3) is 0.385. The molecule has 0 saturated heterocycles. The van der Waals surface area contributed by atoms with Crippen molar-refractivity contribution in [3.8, 4) is 5.75 Å². The summed E-state index contributed by atoms with van der Waals surface area (Å²) in [6.07, 6.45) is 0.924. The molecule has 1 aromatic rings. The molecule has 0 N–H and O–H groups in total. The van der Waals surface area contributed by atoms with Crippen LogP contribution in [0.15, 0.2) is 30.4 Å². The molecule has 0 radical (unpaired) electrons. The maximum atomic E-state index is 5.72. The molecular weight excluding hydrogens is 172 g/mol. The Bertz CT molecular complexity index is 306. The van der Waals surface area contributed by atoms with Gasteiger partial charge in [-0.05, 0) is 31.9 Å². The normalized spacial score (nSPS) is 9.93. The van der Waals surface area contributed by atoms with Crippen molar-refractivity contribution in [1.29, 1.82) is 0 Å². The molecule has 0 aliphatic carbocycles. The van der Waals surface area contributed by atoms with Crippen LogP contribution in [-0.4, -0.2) is 6.61 Å². The van der Waals surface area contributed by atoms with Gasteiger partial charge in [0.2, 0.25) is 0 Å². The number of aryl methyl sites for hydroxylation is 2. The zero-order valence-electron chi connectivity index (χ0n) is 9.26. The van der Waals surface area contributed by atoms with Gasteiger partial charge in [-0.25, -0.2) is 0 Å². The van der Waals surface area contributed by atoms with Crippen LogP contribution in [0.4, 0.5) is 0 Å². The van der Waals surface area contributed by atoms with Gasteiger partial charge in [0.1, 0.15) is 5.75 Å². The van der Waals surface area contributed by atoms with Crippen molar-refractivity contribution in [2.45, 2.75) is 27.2 Å². The second-order valence-electron chi connectivity index (χ2n) is 3.78. The van der Waals surface area contributed by atoms with Crippen molar-refractivity contribution in [3.05, 3.63) is 41.5 Å². The lowest BCUT2D eigenvalue weighted by Crippen LogP contribution is -2.00. The topological polar surface area (TPSA) is 9.23 Å². The molecule has 0 bridgehead atoms. The largest absolute Gasteiger partial charge is 0.493 e. The van der Waals surface area contributed by atoms with Crippen LogP contribution >= 0.6 is 0 Å². The first-order valence-corrected chi connectivity index (χ1v) is 4.94. The van der Waals surface area contributed by atoms with Crippen LogP contribution in [0.1, 0.15) is 24.5 Å². The zero-order valence-corrected chi connectivity index (χ0v) is 9.26. The lowest BCUT2D eigenvalue weighted by Gasteiger charge is -2.11. The van der Waals surface area contributed by atoms with E-state index in [1.165, 1.54) is 11.1 Å². The van der Waals surface area contributed by atoms with Crippen molar-refractivity contribution in [2.75, 3.05) is 6.61 Å². The van der Waals surface area contributed by atoms with Crippen molar-refractivity contribution in [1.82, 2.24) is 0 Å². The Hall–Kier alpha value is -1.24. The molecule has 0 aliphatic rings. The molecule has 1 rings (SSSR count). The SMILES string of the molecule is C=C(C)CCOc1c(C)cccc1C. The first kappa shape index (κ1) is 10.8. The van der Waals surface area contributed by atoms with Gasteiger partial charge in [0.15, 0.2) is 0 Å². The Labute approximate surface area is 86.4 Å². The standard InChI is InChI=1S/C13H18O/c1-10(2)8-9-14-13-11(3)6-5-7-12(13)4/h5-7H,1,8-9H2,2-4H3. The summed E-state index contributed by atoms with van der Waals surface area (Å²) in [6, 6.07) is 6.20. The van der Waals surface area contributed by atoms with Crippen LogP contribution in [0.2, 0.25) is 0 Å². The van der Waals surface area contributed by atoms with Crippen LogP contribution in [-0.2, 0) is 0 Å². The molecule has 0 unspecified atom stereocenters. The minimum absolute atomic E-state index is 0.723. The van der Waals surface area contributed by atoms with E-state index in [0.717, 1.165) is 24.4 Å². The molecule has 0 heterocycles. The second kappa shape index (κ2) is 4.85. The first-order valence-electron chi connectivity index (χ1n) is 4.94. The molecule has 1 aromatic carbocycles. The predicted molar refractivity (Wildman–Crippen MR) is 60.8 cm³/mol. The van der Waals surface area contributed by atoms with Crippen LogP contribution in [0.5, 0.6) is 5.75 Å². The van der Waals surface area contributed by atoms with Crippen molar-refractivity contribution in [3.63, 3.8) is 0 Å². The van der Waals surface area contributed by atoms with Crippen LogP contribution < -0.4 is 4.74 Å². The summed E-state index contributed by atoms with van der Waals surface area (Å²) in [4.78, 5) is 0. The number of ether oxygens (including phenoxy) is 1. The lowest BCUT2D eigenvalue weighted by atomic mass is 10.1. The van der Waals surface area contributed by atoms with E-state index in [4.69, 9.17) is 4.74 Å². The minimum Gasteiger partial charge on any atom is -0.493 e. The molecule has 0 atom stereocenters. The van der Waals surface area contributed by atoms with E-state index in [0.29, 0.717) is 0 Å². The van der Waals surface area contributed by atoms with E-state index >= 15 is 0 Å². The van der Waals surface area contributed by atoms with Crippen molar-refractivity contribution in [2.24, 2.45) is 0 Å². The van der Waals surface area contributed by atoms with Gasteiger partial charge in [0, 0.05) is 6.42 Å². The molecule has 0 amide bonds. The summed E-state index contributed by atoms with van der Waals surface area (Å²) in [5, 5.41) is 0. The minimum atomic E-state index is 0.723. The van der Waals surface area contributed by atoms with Crippen LogP contribution in [0.3, 0.4) is 0 Å². The average Bonchev–Trinajstić information content (AvgIpc) is 2.09. The first-order chi connectivity index (χ1) is 6.61. The molecule has 0 spiro atoms. The zero-order chi connectivity index (χ0) is 10.6. The Balaban J connectivity index is 2.62. The summed E-state index contributed by atoms with van der Waals surface area (Å²) in [7, 11) is 0. The van der Waals surface area contributed by atoms with Gasteiger partial charge in [-0.15, -0.1) is 6.58 Å². The highest BCUT2D eigenvalue weighted by Gasteiger charge is 2.02. The smallest absolute Gasteiger partial charge is 0.125 e. The number of hydrogen-bond donors (Lipinski definition) is 0. The van der Waals surface area contributed by atoms with Gasteiger partial charge in [0.05, 0.1) is 6.61 Å². The van der Waals surface area contributed by atoms with Gasteiger partial charge in [-0.2, -0.15) is 0 Å². The monoisotopic (exact) mass is 190 g/mol. The Morgan fingerprint density at radius 1 is 1.29 bits per heavy atom. The summed E-state index contributed by atoms with van der Waals surface area (Å²) >= 11 is 0. The van der Waals surface area contributed by atoms with E-state index < -0.39 is 0 Å². The Kier molecular flexibility index (Phi) is 3.75. The molecule has 1 heteroatoms. The van der Waals surface area contributed by atoms with E-state index in [-0.39, 0.29) is 0 Å². The highest BCUT2D eigenvalue weighted by molar-refractivity contribution is 5.39. The fourth-order valence-electron chi connectivity index (χ4n) is 1.35. The highest BCUT2D eigenvalue weighted by Crippen LogP contribution is 2.22.